The second-order valence-electron chi connectivity index (χ2n) is 5.86. The number of anilines is 1. The third-order valence-electron chi connectivity index (χ3n) is 4.32. The summed E-state index contributed by atoms with van der Waals surface area (Å²) in [4.78, 5) is 21.2. The number of rotatable bonds is 4. The molecule has 2 aliphatic rings. The number of cyclic esters (lactones) is 1. The highest BCUT2D eigenvalue weighted by atomic mass is 16.6. The van der Waals surface area contributed by atoms with Gasteiger partial charge in [0.05, 0.1) is 6.54 Å². The van der Waals surface area contributed by atoms with Gasteiger partial charge in [0.2, 0.25) is 0 Å². The van der Waals surface area contributed by atoms with Gasteiger partial charge in [-0.3, -0.25) is 9.89 Å². The van der Waals surface area contributed by atoms with Gasteiger partial charge in [-0.1, -0.05) is 0 Å². The van der Waals surface area contributed by atoms with Gasteiger partial charge in [0, 0.05) is 38.1 Å². The number of benzene rings is 1. The Kier molecular flexibility index (Phi) is 3.95. The van der Waals surface area contributed by atoms with E-state index < -0.39 is 0 Å². The molecule has 23 heavy (non-hydrogen) atoms. The number of hydrogen-bond acceptors (Lipinski definition) is 4. The molecule has 0 aromatic heterocycles. The lowest BCUT2D eigenvalue weighted by molar-refractivity contribution is 0.100. The number of ether oxygens (including phenoxy) is 2. The molecule has 0 N–H and O–H groups in total. The molecule has 1 aliphatic heterocycles. The highest BCUT2D eigenvalue weighted by molar-refractivity contribution is 5.89. The van der Waals surface area contributed by atoms with Gasteiger partial charge >= 0.3 is 6.09 Å². The van der Waals surface area contributed by atoms with Gasteiger partial charge in [-0.05, 0) is 24.3 Å². The predicted molar refractivity (Wildman–Crippen MR) is 86.6 cm³/mol. The van der Waals surface area contributed by atoms with Crippen LogP contribution in [0.4, 0.5) is 10.5 Å². The summed E-state index contributed by atoms with van der Waals surface area (Å²) < 4.78 is 10.7. The highest BCUT2D eigenvalue weighted by Gasteiger charge is 2.52. The van der Waals surface area contributed by atoms with E-state index in [-0.39, 0.29) is 17.7 Å². The zero-order valence-corrected chi connectivity index (χ0v) is 13.3. The van der Waals surface area contributed by atoms with Gasteiger partial charge < -0.3 is 14.3 Å². The van der Waals surface area contributed by atoms with Gasteiger partial charge in [-0.15, -0.1) is 0 Å². The van der Waals surface area contributed by atoms with Crippen LogP contribution in [0.3, 0.4) is 0 Å². The van der Waals surface area contributed by atoms with Crippen LogP contribution in [0, 0.1) is 6.57 Å². The van der Waals surface area contributed by atoms with Crippen molar-refractivity contribution in [2.45, 2.75) is 31.4 Å². The molecule has 0 unspecified atom stereocenters. The quantitative estimate of drug-likeness (QED) is 0.488. The van der Waals surface area contributed by atoms with Gasteiger partial charge in [0.15, 0.2) is 12.0 Å². The smallest absolute Gasteiger partial charge is 0.414 e. The lowest BCUT2D eigenvalue weighted by Crippen LogP contribution is -2.26. The summed E-state index contributed by atoms with van der Waals surface area (Å²) >= 11 is 0. The minimum Gasteiger partial charge on any atom is -0.477 e. The zero-order valence-electron chi connectivity index (χ0n) is 13.3. The Morgan fingerprint density at radius 3 is 2.74 bits per heavy atom. The van der Waals surface area contributed by atoms with Crippen LogP contribution in [0.15, 0.2) is 29.3 Å². The average molecular weight is 313 g/mol. The molecule has 0 spiro atoms. The maximum atomic E-state index is 12.0. The Balaban J connectivity index is 1.65. The first-order valence-electron chi connectivity index (χ1n) is 7.61. The number of carbonyl (C=O) groups excluding carboxylic acids is 1. The standard InChI is InChI=1S/C17H19N3O3/c1-12(18-2)22-11-15-10-20(16(21)23-15)14-6-4-13(5-7-14)17(19-3)8-9-17/h4-7,15H,8-11H2,1-2H3/t15-/m1/s1. The molecule has 1 aliphatic carbocycles. The van der Waals surface area contributed by atoms with Crippen LogP contribution in [0.2, 0.25) is 0 Å². The van der Waals surface area contributed by atoms with Crippen molar-refractivity contribution in [2.24, 2.45) is 4.99 Å². The summed E-state index contributed by atoms with van der Waals surface area (Å²) in [5.74, 6) is 0.567. The average Bonchev–Trinajstić information content (AvgIpc) is 3.30. The Labute approximate surface area is 135 Å². The molecular formula is C17H19N3O3. The summed E-state index contributed by atoms with van der Waals surface area (Å²) in [6, 6.07) is 7.63. The number of aliphatic imine (C=N–C) groups is 1. The van der Waals surface area contributed by atoms with Crippen LogP contribution in [0.1, 0.15) is 25.3 Å². The van der Waals surface area contributed by atoms with Crippen LogP contribution in [-0.4, -0.2) is 38.3 Å². The van der Waals surface area contributed by atoms with Gasteiger partial charge in [0.25, 0.3) is 5.54 Å². The first kappa shape index (κ1) is 15.3. The number of hydrogen-bond donors (Lipinski definition) is 0. The molecule has 1 saturated heterocycles. The van der Waals surface area contributed by atoms with E-state index in [1.807, 2.05) is 24.3 Å². The lowest BCUT2D eigenvalue weighted by Gasteiger charge is -2.14. The highest BCUT2D eigenvalue weighted by Crippen LogP contribution is 2.49. The first-order chi connectivity index (χ1) is 11.1. The second kappa shape index (κ2) is 5.92. The molecule has 1 heterocycles. The van der Waals surface area contributed by atoms with Crippen LogP contribution < -0.4 is 4.90 Å². The van der Waals surface area contributed by atoms with Gasteiger partial charge in [-0.25, -0.2) is 11.4 Å². The van der Waals surface area contributed by atoms with Crippen LogP contribution >= 0.6 is 0 Å². The summed E-state index contributed by atoms with van der Waals surface area (Å²) in [5, 5.41) is 0. The lowest BCUT2D eigenvalue weighted by atomic mass is 10.1. The fourth-order valence-corrected chi connectivity index (χ4v) is 2.63. The van der Waals surface area contributed by atoms with Crippen molar-refractivity contribution in [3.63, 3.8) is 0 Å². The summed E-state index contributed by atoms with van der Waals surface area (Å²) in [6.45, 7) is 9.80. The Morgan fingerprint density at radius 2 is 2.17 bits per heavy atom. The van der Waals surface area contributed by atoms with Crippen molar-refractivity contribution in [1.29, 1.82) is 0 Å². The fraction of sp³-hybridized carbons (Fsp3) is 0.471. The Morgan fingerprint density at radius 1 is 1.48 bits per heavy atom. The monoisotopic (exact) mass is 313 g/mol. The molecule has 1 amide bonds. The molecule has 120 valence electrons. The van der Waals surface area contributed by atoms with Gasteiger partial charge in [0.1, 0.15) is 6.61 Å². The Bertz CT molecular complexity index is 671. The van der Waals surface area contributed by atoms with E-state index in [1.165, 1.54) is 0 Å². The Hall–Kier alpha value is -2.55. The number of amides is 1. The van der Waals surface area contributed by atoms with Crippen molar-refractivity contribution in [2.75, 3.05) is 25.1 Å². The molecule has 0 bridgehead atoms. The molecule has 6 nitrogen and oxygen atoms in total. The maximum Gasteiger partial charge on any atom is 0.414 e. The molecule has 1 atom stereocenters. The van der Waals surface area contributed by atoms with Crippen molar-refractivity contribution >= 4 is 17.7 Å². The minimum absolute atomic E-state index is 0.296. The first-order valence-corrected chi connectivity index (χ1v) is 7.61. The largest absolute Gasteiger partial charge is 0.477 e. The van der Waals surface area contributed by atoms with Gasteiger partial charge in [-0.2, -0.15) is 0 Å². The SMILES string of the molecule is [C-]#[N+]C1(c2ccc(N3C[C@H](COC(C)=NC)OC3=O)cc2)CC1. The normalized spacial score (nSPS) is 22.5. The minimum atomic E-state index is -0.372. The van der Waals surface area contributed by atoms with E-state index in [1.54, 1.807) is 18.9 Å². The van der Waals surface area contributed by atoms with Crippen LogP contribution in [0.5, 0.6) is 0 Å². The third-order valence-corrected chi connectivity index (χ3v) is 4.32. The van der Waals surface area contributed by atoms with Crippen molar-refractivity contribution in [3.05, 3.63) is 41.2 Å². The topological polar surface area (TPSA) is 55.5 Å². The van der Waals surface area contributed by atoms with E-state index >= 15 is 0 Å². The van der Waals surface area contributed by atoms with Crippen LogP contribution in [0.25, 0.3) is 4.85 Å². The van der Waals surface area contributed by atoms with E-state index in [9.17, 15) is 4.79 Å². The zero-order chi connectivity index (χ0) is 16.4. The summed E-state index contributed by atoms with van der Waals surface area (Å²) in [6.07, 6.45) is 1.15. The molecule has 3 rings (SSSR count). The van der Waals surface area contributed by atoms with Crippen molar-refractivity contribution in [3.8, 4) is 0 Å². The summed E-state index contributed by atoms with van der Waals surface area (Å²) in [7, 11) is 1.65. The number of carbonyl (C=O) groups is 1. The predicted octanol–water partition coefficient (Wildman–Crippen LogP) is 2.98. The van der Waals surface area contributed by atoms with Crippen molar-refractivity contribution in [1.82, 2.24) is 0 Å². The van der Waals surface area contributed by atoms with E-state index in [0.717, 1.165) is 24.1 Å². The van der Waals surface area contributed by atoms with E-state index in [2.05, 4.69) is 9.84 Å². The molecule has 1 aromatic carbocycles. The molecular weight excluding hydrogens is 294 g/mol. The number of nitrogens with zero attached hydrogens (tertiary/aromatic N) is 3. The third kappa shape index (κ3) is 3.00. The molecule has 0 radical (unpaired) electrons. The second-order valence-corrected chi connectivity index (χ2v) is 5.86. The molecule has 1 aromatic rings. The van der Waals surface area contributed by atoms with E-state index in [0.29, 0.717) is 19.0 Å². The fourth-order valence-electron chi connectivity index (χ4n) is 2.63. The molecule has 1 saturated carbocycles. The van der Waals surface area contributed by atoms with Crippen molar-refractivity contribution < 1.29 is 14.3 Å². The van der Waals surface area contributed by atoms with E-state index in [4.69, 9.17) is 16.0 Å². The molecule has 6 heteroatoms. The maximum absolute atomic E-state index is 12.0. The molecule has 2 fully saturated rings. The summed E-state index contributed by atoms with van der Waals surface area (Å²) in [5.41, 5.74) is 1.48. The van der Waals surface area contributed by atoms with Crippen LogP contribution in [-0.2, 0) is 15.0 Å².